The van der Waals surface area contributed by atoms with Crippen LogP contribution < -0.4 is 15.4 Å². The smallest absolute Gasteiger partial charge is 0.137 e. The van der Waals surface area contributed by atoms with Crippen molar-refractivity contribution in [1.82, 2.24) is 9.55 Å². The number of ether oxygens (including phenoxy) is 1. The SMILES string of the molecule is CC(C)(C)c1ccnc(-n2c3ccccc3c3ccc(Oc4cccc(Nc5ccccc5Nc5cc(-c6ccccc6)ccc5-c5ccccc5)c4)cc32)c1. The van der Waals surface area contributed by atoms with Gasteiger partial charge in [0.15, 0.2) is 0 Å². The van der Waals surface area contributed by atoms with E-state index in [-0.39, 0.29) is 5.41 Å². The van der Waals surface area contributed by atoms with Crippen molar-refractivity contribution in [2.45, 2.75) is 26.2 Å². The minimum Gasteiger partial charge on any atom is -0.457 e. The van der Waals surface area contributed by atoms with Gasteiger partial charge in [-0.3, -0.25) is 4.57 Å². The minimum atomic E-state index is -0.00109. The summed E-state index contributed by atoms with van der Waals surface area (Å²) in [6.45, 7) is 6.69. The van der Waals surface area contributed by atoms with Crippen LogP contribution in [0, 0.1) is 0 Å². The van der Waals surface area contributed by atoms with E-state index in [4.69, 9.17) is 9.72 Å². The summed E-state index contributed by atoms with van der Waals surface area (Å²) in [5.41, 5.74) is 11.8. The van der Waals surface area contributed by atoms with E-state index in [1.165, 1.54) is 16.5 Å². The van der Waals surface area contributed by atoms with E-state index in [1.54, 1.807) is 0 Å². The quantitative estimate of drug-likeness (QED) is 0.155. The molecule has 0 unspecified atom stereocenters. The van der Waals surface area contributed by atoms with Crippen LogP contribution in [0.15, 0.2) is 188 Å². The lowest BCUT2D eigenvalue weighted by atomic mass is 9.88. The molecule has 9 aromatic rings. The number of anilines is 4. The van der Waals surface area contributed by atoms with Crippen LogP contribution in [0.1, 0.15) is 26.3 Å². The molecule has 7 aromatic carbocycles. The van der Waals surface area contributed by atoms with Crippen LogP contribution in [-0.4, -0.2) is 9.55 Å². The molecule has 56 heavy (non-hydrogen) atoms. The first kappa shape index (κ1) is 34.6. The third-order valence-electron chi connectivity index (χ3n) is 10.2. The fourth-order valence-electron chi connectivity index (χ4n) is 7.37. The van der Waals surface area contributed by atoms with Crippen molar-refractivity contribution < 1.29 is 4.74 Å². The number of pyridine rings is 1. The summed E-state index contributed by atoms with van der Waals surface area (Å²) in [6, 6.07) is 63.2. The monoisotopic (exact) mass is 726 g/mol. The summed E-state index contributed by atoms with van der Waals surface area (Å²) in [5, 5.41) is 9.78. The maximum absolute atomic E-state index is 6.59. The lowest BCUT2D eigenvalue weighted by molar-refractivity contribution is 0.483. The van der Waals surface area contributed by atoms with Crippen molar-refractivity contribution in [3.8, 4) is 39.6 Å². The second-order valence-corrected chi connectivity index (χ2v) is 15.1. The Balaban J connectivity index is 1.02. The molecule has 0 saturated heterocycles. The van der Waals surface area contributed by atoms with E-state index in [0.717, 1.165) is 73.2 Å². The van der Waals surface area contributed by atoms with Gasteiger partial charge in [-0.1, -0.05) is 130 Å². The van der Waals surface area contributed by atoms with Crippen molar-refractivity contribution in [1.29, 1.82) is 0 Å². The second kappa shape index (κ2) is 14.6. The average molecular weight is 727 g/mol. The zero-order chi connectivity index (χ0) is 38.1. The molecule has 0 bridgehead atoms. The van der Waals surface area contributed by atoms with Crippen LogP contribution in [0.3, 0.4) is 0 Å². The number of nitrogens with one attached hydrogen (secondary N) is 2. The molecule has 0 atom stereocenters. The Hall–Kier alpha value is -7.11. The van der Waals surface area contributed by atoms with Gasteiger partial charge in [-0.2, -0.15) is 0 Å². The van der Waals surface area contributed by atoms with Crippen LogP contribution in [0.5, 0.6) is 11.5 Å². The van der Waals surface area contributed by atoms with Gasteiger partial charge in [0, 0.05) is 46.0 Å². The van der Waals surface area contributed by atoms with E-state index in [1.807, 2.05) is 42.6 Å². The van der Waals surface area contributed by atoms with Crippen molar-refractivity contribution >= 4 is 44.6 Å². The van der Waals surface area contributed by atoms with Crippen molar-refractivity contribution in [2.24, 2.45) is 0 Å². The zero-order valence-corrected chi connectivity index (χ0v) is 31.7. The van der Waals surface area contributed by atoms with Gasteiger partial charge in [0.25, 0.3) is 0 Å². The first-order valence-corrected chi connectivity index (χ1v) is 19.0. The maximum Gasteiger partial charge on any atom is 0.137 e. The molecule has 2 heterocycles. The Kier molecular flexibility index (Phi) is 9.04. The number of fused-ring (bicyclic) bond motifs is 3. The standard InChI is InChI=1S/C51H42N4O/c1-51(2,3)38-29-30-52-50(32-38)55-48-24-13-10-21-43(48)44-28-26-41(34-49(44)55)56-40-20-14-19-39(33-40)53-45-22-11-12-23-46(45)54-47-31-37(35-15-6-4-7-16-35)25-27-42(47)36-17-8-5-9-18-36/h4-34,53-54H,1-3H3. The fourth-order valence-corrected chi connectivity index (χ4v) is 7.37. The number of rotatable bonds is 9. The number of nitrogens with zero attached hydrogens (tertiary/aromatic N) is 2. The van der Waals surface area contributed by atoms with Crippen LogP contribution in [0.2, 0.25) is 0 Å². The summed E-state index contributed by atoms with van der Waals surface area (Å²) in [6.07, 6.45) is 1.91. The molecule has 0 aliphatic heterocycles. The lowest BCUT2D eigenvalue weighted by Gasteiger charge is -2.20. The van der Waals surface area contributed by atoms with Crippen LogP contribution in [0.25, 0.3) is 49.9 Å². The van der Waals surface area contributed by atoms with E-state index >= 15 is 0 Å². The normalized spacial score (nSPS) is 11.5. The van der Waals surface area contributed by atoms with Gasteiger partial charge >= 0.3 is 0 Å². The highest BCUT2D eigenvalue weighted by Gasteiger charge is 2.18. The van der Waals surface area contributed by atoms with Gasteiger partial charge in [-0.25, -0.2) is 4.98 Å². The Morgan fingerprint density at radius 2 is 1.16 bits per heavy atom. The second-order valence-electron chi connectivity index (χ2n) is 15.1. The first-order valence-electron chi connectivity index (χ1n) is 19.0. The number of hydrogen-bond donors (Lipinski definition) is 2. The molecule has 0 saturated carbocycles. The zero-order valence-electron chi connectivity index (χ0n) is 31.7. The molecule has 272 valence electrons. The molecule has 0 aliphatic carbocycles. The largest absolute Gasteiger partial charge is 0.457 e. The highest BCUT2D eigenvalue weighted by atomic mass is 16.5. The van der Waals surface area contributed by atoms with E-state index < -0.39 is 0 Å². The molecular weight excluding hydrogens is 685 g/mol. The average Bonchev–Trinajstić information content (AvgIpc) is 3.56. The van der Waals surface area contributed by atoms with Gasteiger partial charge in [-0.05, 0) is 88.3 Å². The van der Waals surface area contributed by atoms with Crippen molar-refractivity contribution in [3.05, 3.63) is 194 Å². The summed E-state index contributed by atoms with van der Waals surface area (Å²) >= 11 is 0. The molecule has 0 aliphatic rings. The Morgan fingerprint density at radius 3 is 1.95 bits per heavy atom. The first-order chi connectivity index (χ1) is 27.4. The molecule has 5 heteroatoms. The summed E-state index contributed by atoms with van der Waals surface area (Å²) < 4.78 is 8.83. The fraction of sp³-hybridized carbons (Fsp3) is 0.0784. The van der Waals surface area contributed by atoms with Gasteiger partial charge in [-0.15, -0.1) is 0 Å². The Bertz CT molecular complexity index is 2820. The molecule has 9 rings (SSSR count). The summed E-state index contributed by atoms with van der Waals surface area (Å²) in [4.78, 5) is 4.84. The number of benzene rings is 7. The molecule has 5 nitrogen and oxygen atoms in total. The van der Waals surface area contributed by atoms with Crippen molar-refractivity contribution in [3.63, 3.8) is 0 Å². The summed E-state index contributed by atoms with van der Waals surface area (Å²) in [5.74, 6) is 2.37. The van der Waals surface area contributed by atoms with Gasteiger partial charge in [0.1, 0.15) is 17.3 Å². The molecule has 0 spiro atoms. The van der Waals surface area contributed by atoms with Crippen LogP contribution in [-0.2, 0) is 5.41 Å². The summed E-state index contributed by atoms with van der Waals surface area (Å²) in [7, 11) is 0. The minimum absolute atomic E-state index is 0.00109. The van der Waals surface area contributed by atoms with E-state index in [0.29, 0.717) is 0 Å². The molecule has 0 radical (unpaired) electrons. The topological polar surface area (TPSA) is 51.1 Å². The maximum atomic E-state index is 6.59. The van der Waals surface area contributed by atoms with Crippen LogP contribution >= 0.6 is 0 Å². The number of hydrogen-bond acceptors (Lipinski definition) is 4. The predicted molar refractivity (Wildman–Crippen MR) is 234 cm³/mol. The highest BCUT2D eigenvalue weighted by Crippen LogP contribution is 2.39. The molecule has 2 N–H and O–H groups in total. The number of para-hydroxylation sites is 3. The molecule has 0 fully saturated rings. The molecule has 2 aromatic heterocycles. The molecule has 0 amide bonds. The van der Waals surface area contributed by atoms with E-state index in [9.17, 15) is 0 Å². The highest BCUT2D eigenvalue weighted by molar-refractivity contribution is 6.09. The Labute approximate surface area is 327 Å². The third kappa shape index (κ3) is 6.99. The van der Waals surface area contributed by atoms with Crippen molar-refractivity contribution in [2.75, 3.05) is 10.6 Å². The van der Waals surface area contributed by atoms with Crippen LogP contribution in [0.4, 0.5) is 22.7 Å². The Morgan fingerprint density at radius 1 is 0.482 bits per heavy atom. The predicted octanol–water partition coefficient (Wildman–Crippen LogP) is 14.1. The lowest BCUT2D eigenvalue weighted by Crippen LogP contribution is -2.12. The third-order valence-corrected chi connectivity index (χ3v) is 10.2. The van der Waals surface area contributed by atoms with Gasteiger partial charge in [0.05, 0.1) is 22.4 Å². The molecular formula is C51H42N4O. The number of aromatic nitrogens is 2. The van der Waals surface area contributed by atoms with Gasteiger partial charge in [0.2, 0.25) is 0 Å². The van der Waals surface area contributed by atoms with E-state index in [2.05, 4.69) is 182 Å². The van der Waals surface area contributed by atoms with Gasteiger partial charge < -0.3 is 15.4 Å².